The van der Waals surface area contributed by atoms with Gasteiger partial charge < -0.3 is 4.74 Å². The summed E-state index contributed by atoms with van der Waals surface area (Å²) in [5, 5.41) is 0. The average Bonchev–Trinajstić information content (AvgIpc) is 2.43. The van der Waals surface area contributed by atoms with Gasteiger partial charge in [0.05, 0.1) is 7.11 Å². The molecule has 0 aromatic rings. The first-order valence-electron chi connectivity index (χ1n) is 6.46. The molecule has 3 nitrogen and oxygen atoms in total. The van der Waals surface area contributed by atoms with Crippen molar-refractivity contribution in [1.82, 2.24) is 0 Å². The number of ketones is 1. The number of terminal acetylenes is 1. The van der Waals surface area contributed by atoms with Gasteiger partial charge >= 0.3 is 5.97 Å². The van der Waals surface area contributed by atoms with Crippen LogP contribution in [0.1, 0.15) is 32.1 Å². The van der Waals surface area contributed by atoms with E-state index in [9.17, 15) is 9.59 Å². The Morgan fingerprint density at radius 2 is 2.42 bits per heavy atom. The van der Waals surface area contributed by atoms with E-state index in [2.05, 4.69) is 12.5 Å². The van der Waals surface area contributed by atoms with Crippen LogP contribution in [0.25, 0.3) is 0 Å². The van der Waals surface area contributed by atoms with Gasteiger partial charge in [0.25, 0.3) is 0 Å². The number of hydrogen-bond acceptors (Lipinski definition) is 3. The molecule has 19 heavy (non-hydrogen) atoms. The third-order valence-corrected chi connectivity index (χ3v) is 3.73. The summed E-state index contributed by atoms with van der Waals surface area (Å²) in [6.45, 7) is 3.60. The van der Waals surface area contributed by atoms with E-state index < -0.39 is 5.41 Å². The van der Waals surface area contributed by atoms with Crippen LogP contribution in [0.15, 0.2) is 24.8 Å². The molecule has 1 aliphatic carbocycles. The van der Waals surface area contributed by atoms with Gasteiger partial charge in [-0.05, 0) is 25.2 Å². The van der Waals surface area contributed by atoms with E-state index in [1.165, 1.54) is 7.11 Å². The van der Waals surface area contributed by atoms with Gasteiger partial charge in [0, 0.05) is 12.8 Å². The summed E-state index contributed by atoms with van der Waals surface area (Å²) >= 11 is 0. The second kappa shape index (κ2) is 6.94. The molecule has 0 aliphatic heterocycles. The highest BCUT2D eigenvalue weighted by atomic mass is 16.5. The van der Waals surface area contributed by atoms with Crippen LogP contribution in [-0.2, 0) is 14.3 Å². The minimum Gasteiger partial charge on any atom is -0.468 e. The van der Waals surface area contributed by atoms with Gasteiger partial charge in [-0.25, -0.2) is 0 Å². The average molecular weight is 260 g/mol. The molecule has 0 spiro atoms. The molecule has 0 saturated heterocycles. The van der Waals surface area contributed by atoms with E-state index in [1.807, 2.05) is 12.2 Å². The molecule has 0 aromatic carbocycles. The normalized spacial score (nSPS) is 26.9. The van der Waals surface area contributed by atoms with E-state index in [-0.39, 0.29) is 17.7 Å². The molecule has 0 N–H and O–H groups in total. The number of carbonyl (C=O) groups is 2. The summed E-state index contributed by atoms with van der Waals surface area (Å²) in [5.74, 6) is 2.26. The lowest BCUT2D eigenvalue weighted by Crippen LogP contribution is -2.43. The maximum Gasteiger partial charge on any atom is 0.324 e. The zero-order chi connectivity index (χ0) is 14.3. The second-order valence-electron chi connectivity index (χ2n) is 4.79. The standard InChI is InChI=1S/C16H20O3/c1-4-6-7-8-9-13-12-14(17)10-11-16(13,5-2)15(18)19-3/h2,4,6-7,13H,1,8-12H2,3H3/b7-6+/t13-,16-/m1/s1. The first-order chi connectivity index (χ1) is 9.10. The number of methoxy groups -OCH3 is 1. The van der Waals surface area contributed by atoms with Gasteiger partial charge in [0.1, 0.15) is 11.2 Å². The minimum absolute atomic E-state index is 0.138. The van der Waals surface area contributed by atoms with Crippen LogP contribution in [0.5, 0.6) is 0 Å². The topological polar surface area (TPSA) is 43.4 Å². The summed E-state index contributed by atoms with van der Waals surface area (Å²) in [4.78, 5) is 23.6. The van der Waals surface area contributed by atoms with Crippen LogP contribution in [0, 0.1) is 23.7 Å². The fourth-order valence-electron chi connectivity index (χ4n) is 2.63. The lowest BCUT2D eigenvalue weighted by atomic mass is 9.64. The maximum atomic E-state index is 12.0. The number of allylic oxidation sites excluding steroid dienone is 3. The Hall–Kier alpha value is -1.82. The Labute approximate surface area is 114 Å². The van der Waals surface area contributed by atoms with Crippen LogP contribution < -0.4 is 0 Å². The van der Waals surface area contributed by atoms with Crippen LogP contribution in [-0.4, -0.2) is 18.9 Å². The number of esters is 1. The lowest BCUT2D eigenvalue weighted by Gasteiger charge is -2.37. The molecule has 0 unspecified atom stereocenters. The Kier molecular flexibility index (Phi) is 5.57. The van der Waals surface area contributed by atoms with Crippen LogP contribution in [0.3, 0.4) is 0 Å². The number of carbonyl (C=O) groups excluding carboxylic acids is 2. The van der Waals surface area contributed by atoms with Crippen LogP contribution >= 0.6 is 0 Å². The van der Waals surface area contributed by atoms with Gasteiger partial charge in [-0.1, -0.05) is 30.7 Å². The predicted molar refractivity (Wildman–Crippen MR) is 74.2 cm³/mol. The molecule has 0 heterocycles. The molecule has 1 aliphatic rings. The molecule has 2 atom stereocenters. The van der Waals surface area contributed by atoms with E-state index in [0.29, 0.717) is 25.7 Å². The molecule has 3 heteroatoms. The van der Waals surface area contributed by atoms with Crippen molar-refractivity contribution in [3.8, 4) is 12.3 Å². The Bertz CT molecular complexity index is 428. The molecule has 0 amide bonds. The number of hydrogen-bond donors (Lipinski definition) is 0. The third-order valence-electron chi connectivity index (χ3n) is 3.73. The third kappa shape index (κ3) is 3.35. The molecule has 0 aromatic heterocycles. The monoisotopic (exact) mass is 260 g/mol. The smallest absolute Gasteiger partial charge is 0.324 e. The minimum atomic E-state index is -0.940. The number of rotatable bonds is 5. The zero-order valence-electron chi connectivity index (χ0n) is 11.4. The van der Waals surface area contributed by atoms with Crippen LogP contribution in [0.2, 0.25) is 0 Å². The van der Waals surface area contributed by atoms with Crippen molar-refractivity contribution in [3.63, 3.8) is 0 Å². The maximum absolute atomic E-state index is 12.0. The number of ether oxygens (including phenoxy) is 1. The first-order valence-corrected chi connectivity index (χ1v) is 6.46. The van der Waals surface area contributed by atoms with Crippen molar-refractivity contribution in [2.45, 2.75) is 32.1 Å². The van der Waals surface area contributed by atoms with Crippen molar-refractivity contribution in [2.24, 2.45) is 11.3 Å². The van der Waals surface area contributed by atoms with Gasteiger partial charge in [0.15, 0.2) is 0 Å². The van der Waals surface area contributed by atoms with Gasteiger partial charge in [0.2, 0.25) is 0 Å². The van der Waals surface area contributed by atoms with E-state index in [0.717, 1.165) is 6.42 Å². The van der Waals surface area contributed by atoms with Crippen molar-refractivity contribution in [1.29, 1.82) is 0 Å². The highest BCUT2D eigenvalue weighted by molar-refractivity contribution is 5.87. The molecule has 1 saturated carbocycles. The summed E-state index contributed by atoms with van der Waals surface area (Å²) in [6, 6.07) is 0. The van der Waals surface area contributed by atoms with Crippen molar-refractivity contribution in [2.75, 3.05) is 7.11 Å². The highest BCUT2D eigenvalue weighted by Gasteiger charge is 2.48. The van der Waals surface area contributed by atoms with Gasteiger partial charge in [-0.15, -0.1) is 6.42 Å². The summed E-state index contributed by atoms with van der Waals surface area (Å²) in [5.41, 5.74) is -0.940. The van der Waals surface area contributed by atoms with E-state index in [1.54, 1.807) is 6.08 Å². The molecular weight excluding hydrogens is 240 g/mol. The highest BCUT2D eigenvalue weighted by Crippen LogP contribution is 2.43. The summed E-state index contributed by atoms with van der Waals surface area (Å²) < 4.78 is 4.85. The summed E-state index contributed by atoms with van der Waals surface area (Å²) in [6.07, 6.45) is 13.7. The number of Topliss-reactive ketones (excluding diaryl/α,β-unsaturated/α-hetero) is 1. The molecule has 0 radical (unpaired) electrons. The zero-order valence-corrected chi connectivity index (χ0v) is 11.4. The predicted octanol–water partition coefficient (Wildman–Crippen LogP) is 2.67. The SMILES string of the molecule is C#C[C@@]1(C(=O)OC)CCC(=O)C[C@H]1CC/C=C/C=C. The van der Waals surface area contributed by atoms with Crippen LogP contribution in [0.4, 0.5) is 0 Å². The molecule has 102 valence electrons. The Balaban J connectivity index is 2.88. The van der Waals surface area contributed by atoms with Gasteiger partial charge in [-0.2, -0.15) is 0 Å². The lowest BCUT2D eigenvalue weighted by molar-refractivity contribution is -0.155. The van der Waals surface area contributed by atoms with Gasteiger partial charge in [-0.3, -0.25) is 9.59 Å². The molecule has 1 fully saturated rings. The van der Waals surface area contributed by atoms with Crippen molar-refractivity contribution < 1.29 is 14.3 Å². The fourth-order valence-corrected chi connectivity index (χ4v) is 2.63. The quantitative estimate of drug-likeness (QED) is 0.433. The Morgan fingerprint density at radius 1 is 1.68 bits per heavy atom. The second-order valence-corrected chi connectivity index (χ2v) is 4.79. The van der Waals surface area contributed by atoms with E-state index in [4.69, 9.17) is 11.2 Å². The van der Waals surface area contributed by atoms with E-state index >= 15 is 0 Å². The summed E-state index contributed by atoms with van der Waals surface area (Å²) in [7, 11) is 1.34. The first kappa shape index (κ1) is 15.2. The molecule has 0 bridgehead atoms. The van der Waals surface area contributed by atoms with Crippen molar-refractivity contribution >= 4 is 11.8 Å². The Morgan fingerprint density at radius 3 is 3.00 bits per heavy atom. The molecular formula is C16H20O3. The van der Waals surface area contributed by atoms with Crippen molar-refractivity contribution in [3.05, 3.63) is 24.8 Å². The molecule has 1 rings (SSSR count). The largest absolute Gasteiger partial charge is 0.468 e. The fraction of sp³-hybridized carbons (Fsp3) is 0.500.